The molecule has 1 aromatic heterocycles. The van der Waals surface area contributed by atoms with Gasteiger partial charge in [-0.05, 0) is 61.9 Å². The Hall–Kier alpha value is -2.31. The third-order valence-electron chi connectivity index (χ3n) is 4.79. The molecular weight excluding hydrogens is 350 g/mol. The molecule has 2 aromatic rings. The molecule has 1 fully saturated rings. The molecule has 1 saturated carbocycles. The number of halogens is 4. The molecule has 1 N–H and O–H groups in total. The number of hydrogen-bond donors (Lipinski definition) is 1. The molecule has 1 heterocycles. The van der Waals surface area contributed by atoms with Crippen LogP contribution in [-0.2, 0) is 23.9 Å². The first-order valence-corrected chi connectivity index (χ1v) is 8.44. The molecular formula is C19H19F4NO2. The lowest BCUT2D eigenvalue weighted by molar-refractivity contribution is -0.138. The van der Waals surface area contributed by atoms with E-state index in [2.05, 4.69) is 0 Å². The van der Waals surface area contributed by atoms with Crippen LogP contribution in [0.1, 0.15) is 36.1 Å². The number of aryl methyl sites for hydroxylation is 1. The fraction of sp³-hybridized carbons (Fsp3) is 0.421. The Morgan fingerprint density at radius 3 is 2.54 bits per heavy atom. The number of alkyl halides is 3. The minimum atomic E-state index is -4.56. The summed E-state index contributed by atoms with van der Waals surface area (Å²) in [6.45, 7) is 2.40. The van der Waals surface area contributed by atoms with Crippen molar-refractivity contribution in [1.82, 2.24) is 4.57 Å². The third-order valence-corrected chi connectivity index (χ3v) is 4.79. The van der Waals surface area contributed by atoms with Crippen molar-refractivity contribution in [1.29, 1.82) is 0 Å². The van der Waals surface area contributed by atoms with Gasteiger partial charge in [0.25, 0.3) is 0 Å². The predicted octanol–water partition coefficient (Wildman–Crippen LogP) is 5.05. The van der Waals surface area contributed by atoms with Crippen LogP contribution in [0.4, 0.5) is 17.6 Å². The van der Waals surface area contributed by atoms with Crippen LogP contribution in [0.25, 0.3) is 11.3 Å². The van der Waals surface area contributed by atoms with Gasteiger partial charge in [0, 0.05) is 24.2 Å². The van der Waals surface area contributed by atoms with Gasteiger partial charge in [-0.2, -0.15) is 13.2 Å². The SMILES string of the molecule is Cc1c(CCC(=O)O)cc(-c2cc(C(F)(F)F)ccc2F)n1CC1CC1. The average molecular weight is 369 g/mol. The minimum Gasteiger partial charge on any atom is -0.481 e. The van der Waals surface area contributed by atoms with Crippen LogP contribution in [0.15, 0.2) is 24.3 Å². The summed E-state index contributed by atoms with van der Waals surface area (Å²) >= 11 is 0. The van der Waals surface area contributed by atoms with E-state index in [1.54, 1.807) is 13.0 Å². The van der Waals surface area contributed by atoms with E-state index < -0.39 is 23.5 Å². The normalized spacial score (nSPS) is 14.7. The Morgan fingerprint density at radius 1 is 1.27 bits per heavy atom. The Labute approximate surface area is 148 Å². The van der Waals surface area contributed by atoms with E-state index in [0.717, 1.165) is 42.3 Å². The molecule has 0 aliphatic heterocycles. The quantitative estimate of drug-likeness (QED) is 0.724. The maximum Gasteiger partial charge on any atom is 0.416 e. The number of aliphatic carboxylic acids is 1. The second kappa shape index (κ2) is 6.78. The topological polar surface area (TPSA) is 42.2 Å². The fourth-order valence-corrected chi connectivity index (χ4v) is 3.11. The van der Waals surface area contributed by atoms with Gasteiger partial charge in [-0.1, -0.05) is 0 Å². The lowest BCUT2D eigenvalue weighted by Crippen LogP contribution is -2.08. The van der Waals surface area contributed by atoms with Gasteiger partial charge in [0.15, 0.2) is 0 Å². The highest BCUT2D eigenvalue weighted by Gasteiger charge is 2.32. The Balaban J connectivity index is 2.08. The maximum absolute atomic E-state index is 14.4. The molecule has 1 aliphatic carbocycles. The lowest BCUT2D eigenvalue weighted by Gasteiger charge is -2.14. The van der Waals surface area contributed by atoms with Crippen LogP contribution in [0.3, 0.4) is 0 Å². The maximum atomic E-state index is 14.4. The van der Waals surface area contributed by atoms with E-state index >= 15 is 0 Å². The molecule has 0 saturated heterocycles. The van der Waals surface area contributed by atoms with Crippen molar-refractivity contribution in [2.24, 2.45) is 5.92 Å². The van der Waals surface area contributed by atoms with E-state index in [1.807, 2.05) is 4.57 Å². The Morgan fingerprint density at radius 2 is 1.96 bits per heavy atom. The molecule has 3 nitrogen and oxygen atoms in total. The zero-order chi connectivity index (χ0) is 19.1. The monoisotopic (exact) mass is 369 g/mol. The number of carbonyl (C=O) groups is 1. The third kappa shape index (κ3) is 3.92. The molecule has 0 amide bonds. The van der Waals surface area contributed by atoms with Crippen molar-refractivity contribution in [2.45, 2.75) is 45.3 Å². The number of carboxylic acid groups (broad SMARTS) is 1. The molecule has 1 aromatic carbocycles. The van der Waals surface area contributed by atoms with Crippen LogP contribution in [-0.4, -0.2) is 15.6 Å². The number of benzene rings is 1. The predicted molar refractivity (Wildman–Crippen MR) is 88.2 cm³/mol. The highest BCUT2D eigenvalue weighted by Crippen LogP contribution is 2.38. The molecule has 0 bridgehead atoms. The molecule has 0 radical (unpaired) electrons. The number of hydrogen-bond acceptors (Lipinski definition) is 1. The van der Waals surface area contributed by atoms with E-state index in [0.29, 0.717) is 18.2 Å². The summed E-state index contributed by atoms with van der Waals surface area (Å²) in [6.07, 6.45) is -2.32. The van der Waals surface area contributed by atoms with E-state index in [1.165, 1.54) is 0 Å². The van der Waals surface area contributed by atoms with Crippen molar-refractivity contribution in [3.63, 3.8) is 0 Å². The Bertz CT molecular complexity index is 835. The largest absolute Gasteiger partial charge is 0.481 e. The molecule has 7 heteroatoms. The van der Waals surface area contributed by atoms with E-state index in [-0.39, 0.29) is 18.4 Å². The molecule has 3 rings (SSSR count). The highest BCUT2D eigenvalue weighted by atomic mass is 19.4. The van der Waals surface area contributed by atoms with Gasteiger partial charge >= 0.3 is 12.1 Å². The van der Waals surface area contributed by atoms with Crippen LogP contribution < -0.4 is 0 Å². The zero-order valence-corrected chi connectivity index (χ0v) is 14.2. The molecule has 0 atom stereocenters. The highest BCUT2D eigenvalue weighted by molar-refractivity contribution is 5.68. The number of carboxylic acids is 1. The number of nitrogens with zero attached hydrogens (tertiary/aromatic N) is 1. The summed E-state index contributed by atoms with van der Waals surface area (Å²) < 4.78 is 55.3. The Kier molecular flexibility index (Phi) is 4.82. The van der Waals surface area contributed by atoms with Crippen molar-refractivity contribution < 1.29 is 27.5 Å². The summed E-state index contributed by atoms with van der Waals surface area (Å²) in [6, 6.07) is 4.01. The second-order valence-electron chi connectivity index (χ2n) is 6.78. The van der Waals surface area contributed by atoms with E-state index in [9.17, 15) is 22.4 Å². The number of rotatable bonds is 6. The molecule has 0 spiro atoms. The standard InChI is InChI=1S/C19H19F4NO2/c1-11-13(4-7-18(25)26)8-17(24(11)10-12-2-3-12)15-9-14(19(21,22)23)5-6-16(15)20/h5-6,8-9,12H,2-4,7,10H2,1H3,(H,25,26). The minimum absolute atomic E-state index is 0.0845. The van der Waals surface area contributed by atoms with Gasteiger partial charge in [0.05, 0.1) is 11.3 Å². The first-order chi connectivity index (χ1) is 12.2. The lowest BCUT2D eigenvalue weighted by atomic mass is 10.1. The first-order valence-electron chi connectivity index (χ1n) is 8.44. The summed E-state index contributed by atoms with van der Waals surface area (Å²) in [7, 11) is 0. The summed E-state index contributed by atoms with van der Waals surface area (Å²) in [5.74, 6) is -1.25. The van der Waals surface area contributed by atoms with Gasteiger partial charge < -0.3 is 9.67 Å². The molecule has 26 heavy (non-hydrogen) atoms. The zero-order valence-electron chi connectivity index (χ0n) is 14.2. The van der Waals surface area contributed by atoms with E-state index in [4.69, 9.17) is 5.11 Å². The summed E-state index contributed by atoms with van der Waals surface area (Å²) in [5.41, 5.74) is 0.867. The van der Waals surface area contributed by atoms with Crippen molar-refractivity contribution >= 4 is 5.97 Å². The summed E-state index contributed by atoms with van der Waals surface area (Å²) in [4.78, 5) is 10.9. The smallest absolute Gasteiger partial charge is 0.416 e. The molecule has 0 unspecified atom stereocenters. The van der Waals surface area contributed by atoms with Gasteiger partial charge in [0.2, 0.25) is 0 Å². The fourth-order valence-electron chi connectivity index (χ4n) is 3.11. The van der Waals surface area contributed by atoms with Crippen molar-refractivity contribution in [2.75, 3.05) is 0 Å². The van der Waals surface area contributed by atoms with Crippen LogP contribution in [0, 0.1) is 18.7 Å². The average Bonchev–Trinajstić information content (AvgIpc) is 3.31. The summed E-state index contributed by atoms with van der Waals surface area (Å²) in [5, 5.41) is 8.89. The van der Waals surface area contributed by atoms with Crippen molar-refractivity contribution in [3.05, 3.63) is 46.9 Å². The molecule has 1 aliphatic rings. The number of aromatic nitrogens is 1. The van der Waals surface area contributed by atoms with Crippen LogP contribution >= 0.6 is 0 Å². The van der Waals surface area contributed by atoms with Gasteiger partial charge in [-0.3, -0.25) is 4.79 Å². The first kappa shape index (κ1) is 18.5. The van der Waals surface area contributed by atoms with Gasteiger partial charge in [-0.25, -0.2) is 4.39 Å². The van der Waals surface area contributed by atoms with Gasteiger partial charge in [-0.15, -0.1) is 0 Å². The van der Waals surface area contributed by atoms with Gasteiger partial charge in [0.1, 0.15) is 5.82 Å². The second-order valence-corrected chi connectivity index (χ2v) is 6.78. The van der Waals surface area contributed by atoms with Crippen LogP contribution in [0.5, 0.6) is 0 Å². The van der Waals surface area contributed by atoms with Crippen molar-refractivity contribution in [3.8, 4) is 11.3 Å². The van der Waals surface area contributed by atoms with Crippen LogP contribution in [0.2, 0.25) is 0 Å². The molecule has 140 valence electrons.